The van der Waals surface area contributed by atoms with E-state index in [0.29, 0.717) is 25.3 Å². The smallest absolute Gasteiger partial charge is 0.272 e. The Morgan fingerprint density at radius 2 is 1.96 bits per heavy atom. The first-order valence-electron chi connectivity index (χ1n) is 9.57. The summed E-state index contributed by atoms with van der Waals surface area (Å²) < 4.78 is 3.04. The standard InChI is InChI=1S/C20H25N5OS/c1-4-15-7-6-8-17-18(15)21-20(27-17)24-11-9-23(10-12-24)19(26)16-13-14(3)22-25(16)5-2/h6-8,13H,4-5,9-12H2,1-3H3. The minimum atomic E-state index is 0.0784. The second-order valence-electron chi connectivity index (χ2n) is 6.88. The van der Waals surface area contributed by atoms with Gasteiger partial charge in [0, 0.05) is 32.7 Å². The van der Waals surface area contributed by atoms with Gasteiger partial charge in [0.25, 0.3) is 5.91 Å². The summed E-state index contributed by atoms with van der Waals surface area (Å²) in [4.78, 5) is 22.0. The molecule has 3 heterocycles. The Morgan fingerprint density at radius 1 is 1.19 bits per heavy atom. The van der Waals surface area contributed by atoms with Gasteiger partial charge < -0.3 is 9.80 Å². The number of piperazine rings is 1. The van der Waals surface area contributed by atoms with Crippen LogP contribution < -0.4 is 4.90 Å². The highest BCUT2D eigenvalue weighted by atomic mass is 32.1. The van der Waals surface area contributed by atoms with Crippen LogP contribution >= 0.6 is 11.3 Å². The summed E-state index contributed by atoms with van der Waals surface area (Å²) in [5.41, 5.74) is 4.00. The van der Waals surface area contributed by atoms with Gasteiger partial charge in [-0.3, -0.25) is 9.48 Å². The third-order valence-corrected chi connectivity index (χ3v) is 6.21. The van der Waals surface area contributed by atoms with Crippen molar-refractivity contribution in [2.24, 2.45) is 0 Å². The summed E-state index contributed by atoms with van der Waals surface area (Å²) in [6, 6.07) is 8.29. The fourth-order valence-electron chi connectivity index (χ4n) is 3.64. The van der Waals surface area contributed by atoms with Crippen LogP contribution in [0.1, 0.15) is 35.6 Å². The van der Waals surface area contributed by atoms with Crippen molar-refractivity contribution in [2.45, 2.75) is 33.7 Å². The van der Waals surface area contributed by atoms with Crippen LogP contribution in [0.25, 0.3) is 10.2 Å². The third-order valence-electron chi connectivity index (χ3n) is 5.13. The average molecular weight is 384 g/mol. The molecule has 4 rings (SSSR count). The van der Waals surface area contributed by atoms with Gasteiger partial charge in [0.1, 0.15) is 5.69 Å². The van der Waals surface area contributed by atoms with Crippen LogP contribution in [0.5, 0.6) is 0 Å². The van der Waals surface area contributed by atoms with E-state index in [-0.39, 0.29) is 5.91 Å². The topological polar surface area (TPSA) is 54.3 Å². The van der Waals surface area contributed by atoms with Crippen molar-refractivity contribution in [1.29, 1.82) is 0 Å². The molecule has 0 N–H and O–H groups in total. The Morgan fingerprint density at radius 3 is 2.67 bits per heavy atom. The van der Waals surface area contributed by atoms with E-state index in [9.17, 15) is 4.79 Å². The number of hydrogen-bond donors (Lipinski definition) is 0. The van der Waals surface area contributed by atoms with Crippen molar-refractivity contribution in [3.8, 4) is 0 Å². The zero-order valence-corrected chi connectivity index (χ0v) is 16.9. The molecule has 0 spiro atoms. The molecule has 1 aliphatic rings. The van der Waals surface area contributed by atoms with E-state index in [2.05, 4.69) is 35.1 Å². The molecule has 1 saturated heterocycles. The van der Waals surface area contributed by atoms with Crippen LogP contribution in [0.3, 0.4) is 0 Å². The minimum Gasteiger partial charge on any atom is -0.345 e. The summed E-state index contributed by atoms with van der Waals surface area (Å²) in [5, 5.41) is 5.46. The summed E-state index contributed by atoms with van der Waals surface area (Å²) in [5.74, 6) is 0.0784. The quantitative estimate of drug-likeness (QED) is 0.693. The van der Waals surface area contributed by atoms with Crippen LogP contribution in [0.2, 0.25) is 0 Å². The Bertz CT molecular complexity index is 968. The number of aryl methyl sites for hydroxylation is 3. The summed E-state index contributed by atoms with van der Waals surface area (Å²) in [6.45, 7) is 9.86. The van der Waals surface area contributed by atoms with Crippen molar-refractivity contribution in [3.05, 3.63) is 41.2 Å². The molecule has 1 amide bonds. The molecule has 0 saturated carbocycles. The van der Waals surface area contributed by atoms with Crippen LogP contribution in [-0.2, 0) is 13.0 Å². The average Bonchev–Trinajstić information content (AvgIpc) is 3.30. The van der Waals surface area contributed by atoms with Gasteiger partial charge in [-0.2, -0.15) is 5.10 Å². The summed E-state index contributed by atoms with van der Waals surface area (Å²) >= 11 is 1.75. The number of rotatable bonds is 4. The predicted molar refractivity (Wildman–Crippen MR) is 110 cm³/mol. The number of aromatic nitrogens is 3. The van der Waals surface area contributed by atoms with E-state index >= 15 is 0 Å². The number of thiazole rings is 1. The van der Waals surface area contributed by atoms with Crippen LogP contribution in [0, 0.1) is 6.92 Å². The van der Waals surface area contributed by atoms with Crippen molar-refractivity contribution in [3.63, 3.8) is 0 Å². The second-order valence-corrected chi connectivity index (χ2v) is 7.89. The molecule has 2 aromatic heterocycles. The van der Waals surface area contributed by atoms with Gasteiger partial charge in [0.2, 0.25) is 0 Å². The number of benzene rings is 1. The van der Waals surface area contributed by atoms with Gasteiger partial charge in [0.05, 0.1) is 15.9 Å². The highest BCUT2D eigenvalue weighted by Crippen LogP contribution is 2.31. The minimum absolute atomic E-state index is 0.0784. The summed E-state index contributed by atoms with van der Waals surface area (Å²) in [7, 11) is 0. The van der Waals surface area contributed by atoms with Crippen LogP contribution in [0.15, 0.2) is 24.3 Å². The van der Waals surface area contributed by atoms with Gasteiger partial charge in [-0.25, -0.2) is 4.98 Å². The van der Waals surface area contributed by atoms with E-state index in [1.54, 1.807) is 16.0 Å². The third kappa shape index (κ3) is 3.32. The van der Waals surface area contributed by atoms with Gasteiger partial charge in [0.15, 0.2) is 5.13 Å². The van der Waals surface area contributed by atoms with Gasteiger partial charge in [-0.05, 0) is 38.0 Å². The normalized spacial score (nSPS) is 14.9. The molecule has 6 nitrogen and oxygen atoms in total. The van der Waals surface area contributed by atoms with E-state index in [4.69, 9.17) is 4.98 Å². The van der Waals surface area contributed by atoms with E-state index in [0.717, 1.165) is 35.9 Å². The molecule has 0 aliphatic carbocycles. The first-order chi connectivity index (χ1) is 13.1. The second kappa shape index (κ2) is 7.31. The number of para-hydroxylation sites is 1. The monoisotopic (exact) mass is 383 g/mol. The number of carbonyl (C=O) groups excluding carboxylic acids is 1. The number of fused-ring (bicyclic) bond motifs is 1. The number of anilines is 1. The molecule has 0 radical (unpaired) electrons. The van der Waals surface area contributed by atoms with Crippen LogP contribution in [0.4, 0.5) is 5.13 Å². The number of hydrogen-bond acceptors (Lipinski definition) is 5. The highest BCUT2D eigenvalue weighted by Gasteiger charge is 2.26. The van der Waals surface area contributed by atoms with Crippen molar-refractivity contribution in [1.82, 2.24) is 19.7 Å². The lowest BCUT2D eigenvalue weighted by Crippen LogP contribution is -2.49. The number of amides is 1. The van der Waals surface area contributed by atoms with Gasteiger partial charge in [-0.1, -0.05) is 30.4 Å². The molecule has 0 bridgehead atoms. The Kier molecular flexibility index (Phi) is 4.86. The molecule has 142 valence electrons. The van der Waals surface area contributed by atoms with Crippen molar-refractivity contribution in [2.75, 3.05) is 31.1 Å². The fourth-order valence-corrected chi connectivity index (χ4v) is 4.70. The highest BCUT2D eigenvalue weighted by molar-refractivity contribution is 7.22. The molecule has 1 aromatic carbocycles. The first kappa shape index (κ1) is 18.0. The maximum atomic E-state index is 12.9. The summed E-state index contributed by atoms with van der Waals surface area (Å²) in [6.07, 6.45) is 0.993. The molecule has 0 unspecified atom stereocenters. The SMILES string of the molecule is CCc1cccc2sc(N3CCN(C(=O)c4cc(C)nn4CC)CC3)nc12. The van der Waals surface area contributed by atoms with Crippen molar-refractivity contribution < 1.29 is 4.79 Å². The lowest BCUT2D eigenvalue weighted by Gasteiger charge is -2.34. The van der Waals surface area contributed by atoms with E-state index in [1.165, 1.54) is 10.3 Å². The lowest BCUT2D eigenvalue weighted by molar-refractivity contribution is 0.0734. The zero-order valence-electron chi connectivity index (χ0n) is 16.1. The Labute approximate surface area is 163 Å². The predicted octanol–water partition coefficient (Wildman–Crippen LogP) is 3.35. The molecular weight excluding hydrogens is 358 g/mol. The molecule has 27 heavy (non-hydrogen) atoms. The molecule has 7 heteroatoms. The Hall–Kier alpha value is -2.41. The fraction of sp³-hybridized carbons (Fsp3) is 0.450. The Balaban J connectivity index is 1.48. The largest absolute Gasteiger partial charge is 0.345 e. The first-order valence-corrected chi connectivity index (χ1v) is 10.4. The molecule has 1 aliphatic heterocycles. The maximum absolute atomic E-state index is 12.9. The lowest BCUT2D eigenvalue weighted by atomic mass is 10.1. The number of carbonyl (C=O) groups is 1. The molecule has 1 fully saturated rings. The van der Waals surface area contributed by atoms with E-state index < -0.39 is 0 Å². The van der Waals surface area contributed by atoms with Crippen LogP contribution in [-0.4, -0.2) is 51.8 Å². The molecular formula is C20H25N5OS. The molecule has 0 atom stereocenters. The molecule has 3 aromatic rings. The van der Waals surface area contributed by atoms with Crippen molar-refractivity contribution >= 4 is 32.6 Å². The van der Waals surface area contributed by atoms with Gasteiger partial charge >= 0.3 is 0 Å². The van der Waals surface area contributed by atoms with Gasteiger partial charge in [-0.15, -0.1) is 0 Å². The zero-order chi connectivity index (χ0) is 19.0. The van der Waals surface area contributed by atoms with E-state index in [1.807, 2.05) is 24.8 Å². The number of nitrogens with zero attached hydrogens (tertiary/aromatic N) is 5. The maximum Gasteiger partial charge on any atom is 0.272 e.